The third-order valence-corrected chi connectivity index (χ3v) is 6.93. The second-order valence-electron chi connectivity index (χ2n) is 7.35. The summed E-state index contributed by atoms with van der Waals surface area (Å²) in [5.41, 5.74) is 5.34. The zero-order chi connectivity index (χ0) is 20.2. The van der Waals surface area contributed by atoms with E-state index in [4.69, 9.17) is 16.3 Å². The first-order valence-corrected chi connectivity index (χ1v) is 11.6. The summed E-state index contributed by atoms with van der Waals surface area (Å²) in [6.45, 7) is 5.51. The van der Waals surface area contributed by atoms with Gasteiger partial charge in [0, 0.05) is 17.3 Å². The van der Waals surface area contributed by atoms with Gasteiger partial charge in [0.15, 0.2) is 11.0 Å². The molecule has 0 fully saturated rings. The maximum atomic E-state index is 6.28. The molecule has 0 saturated carbocycles. The molecule has 0 unspecified atom stereocenters. The lowest BCUT2D eigenvalue weighted by molar-refractivity contribution is 0.285. The van der Waals surface area contributed by atoms with Crippen molar-refractivity contribution >= 4 is 23.4 Å². The second-order valence-corrected chi connectivity index (χ2v) is 8.70. The number of aryl methyl sites for hydroxylation is 1. The van der Waals surface area contributed by atoms with Crippen LogP contribution in [-0.2, 0) is 31.7 Å². The fourth-order valence-corrected chi connectivity index (χ4v) is 5.20. The lowest BCUT2D eigenvalue weighted by atomic mass is 9.88. The summed E-state index contributed by atoms with van der Waals surface area (Å²) in [7, 11) is 0. The van der Waals surface area contributed by atoms with Gasteiger partial charge in [-0.05, 0) is 73.9 Å². The van der Waals surface area contributed by atoms with E-state index in [2.05, 4.69) is 40.7 Å². The highest BCUT2D eigenvalue weighted by molar-refractivity contribution is 7.98. The van der Waals surface area contributed by atoms with E-state index in [1.54, 1.807) is 11.8 Å². The van der Waals surface area contributed by atoms with Crippen molar-refractivity contribution in [3.8, 4) is 5.75 Å². The summed E-state index contributed by atoms with van der Waals surface area (Å²) in [6, 6.07) is 12.3. The van der Waals surface area contributed by atoms with E-state index in [1.807, 2.05) is 24.3 Å². The molecule has 1 aliphatic carbocycles. The van der Waals surface area contributed by atoms with Crippen LogP contribution >= 0.6 is 23.4 Å². The summed E-state index contributed by atoms with van der Waals surface area (Å²) in [4.78, 5) is 0. The Kier molecular flexibility index (Phi) is 6.46. The van der Waals surface area contributed by atoms with Crippen molar-refractivity contribution in [3.05, 3.63) is 69.5 Å². The fraction of sp³-hybridized carbons (Fsp3) is 0.391. The third kappa shape index (κ3) is 4.46. The van der Waals surface area contributed by atoms with Gasteiger partial charge in [-0.2, -0.15) is 0 Å². The Balaban J connectivity index is 1.45. The Morgan fingerprint density at radius 1 is 1.10 bits per heavy atom. The lowest BCUT2D eigenvalue weighted by Gasteiger charge is -2.20. The van der Waals surface area contributed by atoms with Gasteiger partial charge in [0.05, 0.1) is 0 Å². The Labute approximate surface area is 181 Å². The van der Waals surface area contributed by atoms with Gasteiger partial charge in [0.25, 0.3) is 0 Å². The van der Waals surface area contributed by atoms with Gasteiger partial charge in [-0.3, -0.25) is 0 Å². The molecule has 0 atom stereocenters. The highest BCUT2D eigenvalue weighted by Gasteiger charge is 2.16. The number of halogens is 1. The van der Waals surface area contributed by atoms with Crippen LogP contribution in [-0.4, -0.2) is 14.8 Å². The van der Waals surface area contributed by atoms with E-state index >= 15 is 0 Å². The molecule has 29 heavy (non-hydrogen) atoms. The Bertz CT molecular complexity index is 1000. The molecule has 6 heteroatoms. The number of hydrogen-bond donors (Lipinski definition) is 0. The van der Waals surface area contributed by atoms with Crippen LogP contribution in [0.5, 0.6) is 5.75 Å². The van der Waals surface area contributed by atoms with E-state index in [-0.39, 0.29) is 0 Å². The average Bonchev–Trinajstić information content (AvgIpc) is 3.14. The molecule has 0 amide bonds. The summed E-state index contributed by atoms with van der Waals surface area (Å²) >= 11 is 7.93. The Hall–Kier alpha value is -1.98. The molecule has 0 bridgehead atoms. The van der Waals surface area contributed by atoms with E-state index in [9.17, 15) is 0 Å². The van der Waals surface area contributed by atoms with Crippen LogP contribution in [0.4, 0.5) is 0 Å². The molecule has 1 heterocycles. The maximum absolute atomic E-state index is 6.28. The summed E-state index contributed by atoms with van der Waals surface area (Å²) in [5.74, 6) is 2.58. The zero-order valence-corrected chi connectivity index (χ0v) is 18.5. The molecule has 152 valence electrons. The number of hydrogen-bond acceptors (Lipinski definition) is 4. The quantitative estimate of drug-likeness (QED) is 0.433. The smallest absolute Gasteiger partial charge is 0.191 e. The van der Waals surface area contributed by atoms with Crippen molar-refractivity contribution in [2.24, 2.45) is 0 Å². The van der Waals surface area contributed by atoms with Gasteiger partial charge in [0.1, 0.15) is 12.4 Å². The number of thioether (sulfide) groups is 1. The first-order chi connectivity index (χ1) is 14.2. The number of fused-ring (bicyclic) bond motifs is 1. The highest BCUT2D eigenvalue weighted by atomic mass is 35.5. The SMILES string of the molecule is CCn1c(COc2ccc3c(c2C)CCCC3)nnc1SCc1ccccc1Cl. The normalized spacial score (nSPS) is 13.3. The number of ether oxygens (including phenoxy) is 1. The molecule has 0 N–H and O–H groups in total. The summed E-state index contributed by atoms with van der Waals surface area (Å²) in [6.07, 6.45) is 4.91. The van der Waals surface area contributed by atoms with Gasteiger partial charge in [0.2, 0.25) is 0 Å². The van der Waals surface area contributed by atoms with Gasteiger partial charge in [-0.25, -0.2) is 0 Å². The van der Waals surface area contributed by atoms with E-state index in [0.29, 0.717) is 6.61 Å². The van der Waals surface area contributed by atoms with Gasteiger partial charge in [-0.15, -0.1) is 10.2 Å². The molecule has 1 aromatic heterocycles. The Morgan fingerprint density at radius 3 is 2.76 bits per heavy atom. The number of rotatable bonds is 7. The largest absolute Gasteiger partial charge is 0.485 e. The van der Waals surface area contributed by atoms with Gasteiger partial charge >= 0.3 is 0 Å². The van der Waals surface area contributed by atoms with Crippen molar-refractivity contribution < 1.29 is 4.74 Å². The lowest BCUT2D eigenvalue weighted by Crippen LogP contribution is -2.09. The first-order valence-electron chi connectivity index (χ1n) is 10.2. The van der Waals surface area contributed by atoms with Crippen LogP contribution in [0, 0.1) is 6.92 Å². The first kappa shape index (κ1) is 20.3. The van der Waals surface area contributed by atoms with E-state index in [1.165, 1.54) is 36.0 Å². The minimum Gasteiger partial charge on any atom is -0.485 e. The number of nitrogens with zero attached hydrogens (tertiary/aromatic N) is 3. The molecule has 0 aliphatic heterocycles. The Morgan fingerprint density at radius 2 is 1.93 bits per heavy atom. The van der Waals surface area contributed by atoms with Crippen LogP contribution in [0.3, 0.4) is 0 Å². The number of aromatic nitrogens is 3. The predicted molar refractivity (Wildman–Crippen MR) is 119 cm³/mol. The average molecular weight is 428 g/mol. The third-order valence-electron chi connectivity index (χ3n) is 5.55. The predicted octanol–water partition coefficient (Wildman–Crippen LogP) is 6.01. The van der Waals surface area contributed by atoms with Crippen LogP contribution in [0.2, 0.25) is 5.02 Å². The van der Waals surface area contributed by atoms with Crippen molar-refractivity contribution in [2.75, 3.05) is 0 Å². The molecule has 3 aromatic rings. The molecule has 2 aromatic carbocycles. The van der Waals surface area contributed by atoms with Crippen LogP contribution in [0.25, 0.3) is 0 Å². The molecule has 0 spiro atoms. The van der Waals surface area contributed by atoms with Crippen LogP contribution in [0.15, 0.2) is 41.6 Å². The van der Waals surface area contributed by atoms with Gasteiger partial charge < -0.3 is 9.30 Å². The van der Waals surface area contributed by atoms with E-state index in [0.717, 1.165) is 46.0 Å². The van der Waals surface area contributed by atoms with Crippen LogP contribution in [0.1, 0.15) is 47.8 Å². The zero-order valence-electron chi connectivity index (χ0n) is 16.9. The topological polar surface area (TPSA) is 39.9 Å². The minimum absolute atomic E-state index is 0.424. The molecule has 4 rings (SSSR count). The van der Waals surface area contributed by atoms with Crippen molar-refractivity contribution in [3.63, 3.8) is 0 Å². The molecular formula is C23H26ClN3OS. The minimum atomic E-state index is 0.424. The molecule has 1 aliphatic rings. The monoisotopic (exact) mass is 427 g/mol. The van der Waals surface area contributed by atoms with Crippen molar-refractivity contribution in [2.45, 2.75) is 63.6 Å². The molecule has 4 nitrogen and oxygen atoms in total. The van der Waals surface area contributed by atoms with Gasteiger partial charge in [-0.1, -0.05) is 47.6 Å². The second kappa shape index (κ2) is 9.23. The molecule has 0 radical (unpaired) electrons. The summed E-state index contributed by atoms with van der Waals surface area (Å²) < 4.78 is 8.29. The standard InChI is InChI=1S/C23H26ClN3OS/c1-3-27-22(25-26-23(27)29-15-18-9-5-7-11-20(18)24)14-28-21-13-12-17-8-4-6-10-19(17)16(21)2/h5,7,9,11-13H,3-4,6,8,10,14-15H2,1-2H3. The number of benzene rings is 2. The van der Waals surface area contributed by atoms with Crippen LogP contribution < -0.4 is 4.74 Å². The molecule has 0 saturated heterocycles. The molecular weight excluding hydrogens is 402 g/mol. The summed E-state index contributed by atoms with van der Waals surface area (Å²) in [5, 5.41) is 10.5. The van der Waals surface area contributed by atoms with E-state index < -0.39 is 0 Å². The van der Waals surface area contributed by atoms with Crippen molar-refractivity contribution in [1.29, 1.82) is 0 Å². The van der Waals surface area contributed by atoms with Crippen molar-refractivity contribution in [1.82, 2.24) is 14.8 Å². The fourth-order valence-electron chi connectivity index (χ4n) is 3.90. The highest BCUT2D eigenvalue weighted by Crippen LogP contribution is 2.31. The maximum Gasteiger partial charge on any atom is 0.191 e.